The lowest BCUT2D eigenvalue weighted by molar-refractivity contribution is 0.480. The molecule has 1 unspecified atom stereocenters. The molecule has 0 saturated carbocycles. The SMILES string of the molecule is CCNCC(Cc1cccc(F)c1)Cc1cc(Br)cs1. The van der Waals surface area contributed by atoms with Gasteiger partial charge in [0.2, 0.25) is 0 Å². The summed E-state index contributed by atoms with van der Waals surface area (Å²) >= 11 is 5.27. The molecule has 0 aliphatic rings. The fraction of sp³-hybridized carbons (Fsp3) is 0.375. The average Bonchev–Trinajstić information content (AvgIpc) is 2.81. The lowest BCUT2D eigenvalue weighted by atomic mass is 9.95. The van der Waals surface area contributed by atoms with Gasteiger partial charge in [-0.15, -0.1) is 11.3 Å². The normalized spacial score (nSPS) is 12.6. The van der Waals surface area contributed by atoms with Crippen molar-refractivity contribution in [1.82, 2.24) is 5.32 Å². The first-order valence-electron chi connectivity index (χ1n) is 6.85. The van der Waals surface area contributed by atoms with E-state index in [1.54, 1.807) is 23.5 Å². The Bertz CT molecular complexity index is 541. The van der Waals surface area contributed by atoms with Crippen LogP contribution in [0.15, 0.2) is 40.2 Å². The molecule has 0 aliphatic heterocycles. The van der Waals surface area contributed by atoms with Crippen molar-refractivity contribution in [1.29, 1.82) is 0 Å². The Morgan fingerprint density at radius 2 is 2.15 bits per heavy atom. The second-order valence-electron chi connectivity index (χ2n) is 4.94. The van der Waals surface area contributed by atoms with Crippen LogP contribution in [0.2, 0.25) is 0 Å². The quantitative estimate of drug-likeness (QED) is 0.761. The summed E-state index contributed by atoms with van der Waals surface area (Å²) < 4.78 is 14.4. The van der Waals surface area contributed by atoms with Gasteiger partial charge < -0.3 is 5.32 Å². The summed E-state index contributed by atoms with van der Waals surface area (Å²) in [4.78, 5) is 1.37. The molecule has 0 radical (unpaired) electrons. The lowest BCUT2D eigenvalue weighted by Gasteiger charge is -2.16. The van der Waals surface area contributed by atoms with Crippen LogP contribution in [-0.4, -0.2) is 13.1 Å². The molecule has 1 N–H and O–H groups in total. The number of hydrogen-bond donors (Lipinski definition) is 1. The van der Waals surface area contributed by atoms with E-state index in [-0.39, 0.29) is 5.82 Å². The molecule has 1 aromatic carbocycles. The highest BCUT2D eigenvalue weighted by atomic mass is 79.9. The Morgan fingerprint density at radius 3 is 2.80 bits per heavy atom. The maximum Gasteiger partial charge on any atom is 0.123 e. The van der Waals surface area contributed by atoms with Crippen molar-refractivity contribution in [2.45, 2.75) is 19.8 Å². The zero-order chi connectivity index (χ0) is 14.4. The van der Waals surface area contributed by atoms with E-state index in [0.717, 1.165) is 36.0 Å². The topological polar surface area (TPSA) is 12.0 Å². The molecule has 0 bridgehead atoms. The first-order valence-corrected chi connectivity index (χ1v) is 8.52. The van der Waals surface area contributed by atoms with Gasteiger partial charge in [0, 0.05) is 14.7 Å². The average molecular weight is 356 g/mol. The Hall–Kier alpha value is -0.710. The molecule has 0 amide bonds. The summed E-state index contributed by atoms with van der Waals surface area (Å²) in [6.07, 6.45) is 1.93. The van der Waals surface area contributed by atoms with Gasteiger partial charge in [0.15, 0.2) is 0 Å². The van der Waals surface area contributed by atoms with Crippen LogP contribution in [0, 0.1) is 11.7 Å². The molecule has 20 heavy (non-hydrogen) atoms. The first-order chi connectivity index (χ1) is 9.67. The van der Waals surface area contributed by atoms with Crippen LogP contribution in [0.4, 0.5) is 4.39 Å². The second kappa shape index (κ2) is 7.91. The van der Waals surface area contributed by atoms with Gasteiger partial charge in [-0.05, 0) is 71.5 Å². The number of hydrogen-bond acceptors (Lipinski definition) is 2. The zero-order valence-electron chi connectivity index (χ0n) is 11.5. The Kier molecular flexibility index (Phi) is 6.20. The van der Waals surface area contributed by atoms with Crippen molar-refractivity contribution in [3.8, 4) is 0 Å². The Labute approximate surface area is 132 Å². The maximum absolute atomic E-state index is 13.3. The lowest BCUT2D eigenvalue weighted by Crippen LogP contribution is -2.25. The van der Waals surface area contributed by atoms with Gasteiger partial charge in [0.05, 0.1) is 0 Å². The van der Waals surface area contributed by atoms with Crippen molar-refractivity contribution in [2.75, 3.05) is 13.1 Å². The molecular weight excluding hydrogens is 337 g/mol. The summed E-state index contributed by atoms with van der Waals surface area (Å²) in [5.74, 6) is 0.339. The monoisotopic (exact) mass is 355 g/mol. The van der Waals surface area contributed by atoms with Crippen LogP contribution >= 0.6 is 27.3 Å². The van der Waals surface area contributed by atoms with E-state index in [0.29, 0.717) is 5.92 Å². The van der Waals surface area contributed by atoms with Crippen LogP contribution in [-0.2, 0) is 12.8 Å². The van der Waals surface area contributed by atoms with Crippen molar-refractivity contribution in [3.63, 3.8) is 0 Å². The standard InChI is InChI=1S/C16H19BrFNS/c1-2-19-10-13(8-16-9-14(17)11-20-16)6-12-4-3-5-15(18)7-12/h3-5,7,9,11,13,19H,2,6,8,10H2,1H3. The minimum absolute atomic E-state index is 0.149. The third-order valence-corrected chi connectivity index (χ3v) is 4.93. The van der Waals surface area contributed by atoms with Crippen molar-refractivity contribution in [3.05, 3.63) is 56.4 Å². The molecule has 0 fully saturated rings. The van der Waals surface area contributed by atoms with Crippen LogP contribution in [0.25, 0.3) is 0 Å². The fourth-order valence-electron chi connectivity index (χ4n) is 2.31. The molecule has 2 rings (SSSR count). The minimum atomic E-state index is -0.149. The molecule has 0 saturated heterocycles. The molecule has 1 nitrogen and oxygen atoms in total. The summed E-state index contributed by atoms with van der Waals surface area (Å²) in [7, 11) is 0. The van der Waals surface area contributed by atoms with Crippen LogP contribution in [0.1, 0.15) is 17.4 Å². The van der Waals surface area contributed by atoms with Crippen molar-refractivity contribution >= 4 is 27.3 Å². The highest BCUT2D eigenvalue weighted by Crippen LogP contribution is 2.24. The molecule has 1 aromatic heterocycles. The van der Waals surface area contributed by atoms with Crippen molar-refractivity contribution < 1.29 is 4.39 Å². The summed E-state index contributed by atoms with van der Waals surface area (Å²) in [5.41, 5.74) is 1.07. The molecule has 4 heteroatoms. The number of benzene rings is 1. The largest absolute Gasteiger partial charge is 0.317 e. The molecule has 2 aromatic rings. The van der Waals surface area contributed by atoms with E-state index in [2.05, 4.69) is 39.6 Å². The van der Waals surface area contributed by atoms with Crippen LogP contribution < -0.4 is 5.32 Å². The second-order valence-corrected chi connectivity index (χ2v) is 6.85. The number of halogens is 2. The molecular formula is C16H19BrFNS. The van der Waals surface area contributed by atoms with E-state index in [9.17, 15) is 4.39 Å². The Balaban J connectivity index is 2.02. The minimum Gasteiger partial charge on any atom is -0.317 e. The zero-order valence-corrected chi connectivity index (χ0v) is 13.9. The summed E-state index contributed by atoms with van der Waals surface area (Å²) in [6, 6.07) is 9.11. The Morgan fingerprint density at radius 1 is 1.30 bits per heavy atom. The van der Waals surface area contributed by atoms with Gasteiger partial charge in [-0.25, -0.2) is 4.39 Å². The summed E-state index contributed by atoms with van der Waals surface area (Å²) in [6.45, 7) is 4.04. The van der Waals surface area contributed by atoms with E-state index >= 15 is 0 Å². The highest BCUT2D eigenvalue weighted by molar-refractivity contribution is 9.10. The van der Waals surface area contributed by atoms with Gasteiger partial charge in [-0.2, -0.15) is 0 Å². The number of nitrogens with one attached hydrogen (secondary N) is 1. The molecule has 0 spiro atoms. The predicted molar refractivity (Wildman–Crippen MR) is 87.9 cm³/mol. The number of thiophene rings is 1. The first kappa shape index (κ1) is 15.7. The van der Waals surface area contributed by atoms with Gasteiger partial charge >= 0.3 is 0 Å². The molecule has 1 atom stereocenters. The van der Waals surface area contributed by atoms with E-state index in [1.165, 1.54) is 10.9 Å². The van der Waals surface area contributed by atoms with Gasteiger partial charge in [0.1, 0.15) is 5.82 Å². The molecule has 1 heterocycles. The van der Waals surface area contributed by atoms with Gasteiger partial charge in [-0.3, -0.25) is 0 Å². The van der Waals surface area contributed by atoms with Crippen LogP contribution in [0.5, 0.6) is 0 Å². The predicted octanol–water partition coefficient (Wildman–Crippen LogP) is 4.66. The maximum atomic E-state index is 13.3. The molecule has 108 valence electrons. The van der Waals surface area contributed by atoms with Crippen LogP contribution in [0.3, 0.4) is 0 Å². The highest BCUT2D eigenvalue weighted by Gasteiger charge is 2.12. The van der Waals surface area contributed by atoms with Crippen molar-refractivity contribution in [2.24, 2.45) is 5.92 Å². The van der Waals surface area contributed by atoms with E-state index in [4.69, 9.17) is 0 Å². The molecule has 0 aliphatic carbocycles. The fourth-order valence-corrected chi connectivity index (χ4v) is 3.87. The van der Waals surface area contributed by atoms with Gasteiger partial charge in [0.25, 0.3) is 0 Å². The summed E-state index contributed by atoms with van der Waals surface area (Å²) in [5, 5.41) is 5.52. The smallest absolute Gasteiger partial charge is 0.123 e. The number of rotatable bonds is 7. The van der Waals surface area contributed by atoms with Gasteiger partial charge in [-0.1, -0.05) is 19.1 Å². The third kappa shape index (κ3) is 5.00. The van der Waals surface area contributed by atoms with E-state index in [1.807, 2.05) is 6.07 Å². The third-order valence-electron chi connectivity index (χ3n) is 3.21. The van der Waals surface area contributed by atoms with E-state index < -0.39 is 0 Å².